The standard InChI is InChI=1S/C22H32ClN5O3S/c1-21(2,3)17-14-18(28(26-17)22(4,5)6)25-20(29)15-9-12-27(13-10-15)32(30,31)16-8-7-11-24-19(16)23/h7-8,11,14-15H,9-10,12-13H2,1-6H3,(H,25,29). The van der Waals surface area contributed by atoms with Crippen molar-refractivity contribution < 1.29 is 13.2 Å². The van der Waals surface area contributed by atoms with Gasteiger partial charge in [-0.15, -0.1) is 0 Å². The highest BCUT2D eigenvalue weighted by molar-refractivity contribution is 7.89. The molecule has 0 saturated carbocycles. The van der Waals surface area contributed by atoms with Crippen LogP contribution in [0.2, 0.25) is 5.15 Å². The van der Waals surface area contributed by atoms with Crippen molar-refractivity contribution in [2.24, 2.45) is 5.92 Å². The van der Waals surface area contributed by atoms with Gasteiger partial charge >= 0.3 is 0 Å². The highest BCUT2D eigenvalue weighted by Gasteiger charge is 2.34. The van der Waals surface area contributed by atoms with Gasteiger partial charge in [0.2, 0.25) is 15.9 Å². The van der Waals surface area contributed by atoms with Crippen LogP contribution in [-0.4, -0.2) is 46.5 Å². The van der Waals surface area contributed by atoms with Gasteiger partial charge in [-0.2, -0.15) is 9.40 Å². The van der Waals surface area contributed by atoms with Gasteiger partial charge in [-0.05, 0) is 45.7 Å². The Morgan fingerprint density at radius 1 is 1.16 bits per heavy atom. The van der Waals surface area contributed by atoms with E-state index in [0.29, 0.717) is 18.7 Å². The average molecular weight is 482 g/mol. The number of rotatable bonds is 4. The zero-order valence-electron chi connectivity index (χ0n) is 19.5. The third-order valence-electron chi connectivity index (χ3n) is 5.53. The minimum absolute atomic E-state index is 0.00615. The summed E-state index contributed by atoms with van der Waals surface area (Å²) in [6.45, 7) is 12.9. The molecule has 3 rings (SSSR count). The second-order valence-electron chi connectivity index (χ2n) is 10.2. The number of nitrogens with zero attached hydrogens (tertiary/aromatic N) is 4. The van der Waals surface area contributed by atoms with Gasteiger partial charge in [0.1, 0.15) is 15.9 Å². The van der Waals surface area contributed by atoms with Crippen molar-refractivity contribution in [1.82, 2.24) is 19.1 Å². The van der Waals surface area contributed by atoms with Crippen LogP contribution in [0.15, 0.2) is 29.3 Å². The molecule has 0 spiro atoms. The van der Waals surface area contributed by atoms with Gasteiger partial charge in [0, 0.05) is 36.7 Å². The van der Waals surface area contributed by atoms with Gasteiger partial charge in [0.15, 0.2) is 0 Å². The molecule has 2 aromatic rings. The second-order valence-corrected chi connectivity index (χ2v) is 12.5. The molecular weight excluding hydrogens is 450 g/mol. The highest BCUT2D eigenvalue weighted by Crippen LogP contribution is 2.30. The van der Waals surface area contributed by atoms with Gasteiger partial charge in [-0.25, -0.2) is 18.1 Å². The van der Waals surface area contributed by atoms with E-state index >= 15 is 0 Å². The van der Waals surface area contributed by atoms with Crippen molar-refractivity contribution in [2.45, 2.75) is 70.2 Å². The van der Waals surface area contributed by atoms with Crippen LogP contribution < -0.4 is 5.32 Å². The lowest BCUT2D eigenvalue weighted by Gasteiger charge is -2.31. The summed E-state index contributed by atoms with van der Waals surface area (Å²) in [6.07, 6.45) is 2.31. The fraction of sp³-hybridized carbons (Fsp3) is 0.591. The molecule has 32 heavy (non-hydrogen) atoms. The molecule has 0 atom stereocenters. The molecule has 0 bridgehead atoms. The second kappa shape index (κ2) is 8.76. The summed E-state index contributed by atoms with van der Waals surface area (Å²) in [5.74, 6) is 0.254. The lowest BCUT2D eigenvalue weighted by atomic mass is 9.92. The van der Waals surface area contributed by atoms with Crippen molar-refractivity contribution in [3.05, 3.63) is 35.2 Å². The SMILES string of the molecule is CC(C)(C)c1cc(NC(=O)C2CCN(S(=O)(=O)c3cccnc3Cl)CC2)n(C(C)(C)C)n1. The maximum atomic E-state index is 13.0. The van der Waals surface area contributed by atoms with E-state index in [1.165, 1.54) is 16.6 Å². The smallest absolute Gasteiger partial charge is 0.246 e. The number of halogens is 1. The average Bonchev–Trinajstić information content (AvgIpc) is 3.13. The van der Waals surface area contributed by atoms with E-state index in [1.807, 2.05) is 31.5 Å². The topological polar surface area (TPSA) is 97.2 Å². The van der Waals surface area contributed by atoms with E-state index in [0.717, 1.165) is 5.69 Å². The molecular formula is C22H32ClN5O3S. The molecule has 10 heteroatoms. The maximum absolute atomic E-state index is 13.0. The third-order valence-corrected chi connectivity index (χ3v) is 7.88. The number of nitrogens with one attached hydrogen (secondary N) is 1. The van der Waals surface area contributed by atoms with Crippen LogP contribution in [0, 0.1) is 5.92 Å². The van der Waals surface area contributed by atoms with E-state index in [-0.39, 0.29) is 45.9 Å². The summed E-state index contributed by atoms with van der Waals surface area (Å²) < 4.78 is 29.0. The Kier molecular flexibility index (Phi) is 6.75. The van der Waals surface area contributed by atoms with Crippen molar-refractivity contribution in [3.8, 4) is 0 Å². The third kappa shape index (κ3) is 5.15. The molecule has 176 valence electrons. The minimum Gasteiger partial charge on any atom is -0.311 e. The minimum atomic E-state index is -3.75. The van der Waals surface area contributed by atoms with Crippen molar-refractivity contribution >= 4 is 33.3 Å². The Balaban J connectivity index is 1.72. The number of sulfonamides is 1. The van der Waals surface area contributed by atoms with Crippen molar-refractivity contribution in [2.75, 3.05) is 18.4 Å². The number of carbonyl (C=O) groups excluding carboxylic acids is 1. The molecule has 0 unspecified atom stereocenters. The maximum Gasteiger partial charge on any atom is 0.246 e. The fourth-order valence-corrected chi connectivity index (χ4v) is 5.54. The zero-order chi connectivity index (χ0) is 23.9. The Hall–Kier alpha value is -1.97. The molecule has 0 aromatic carbocycles. The largest absolute Gasteiger partial charge is 0.311 e. The molecule has 0 aliphatic carbocycles. The lowest BCUT2D eigenvalue weighted by molar-refractivity contribution is -0.121. The van der Waals surface area contributed by atoms with Crippen LogP contribution in [0.1, 0.15) is 60.1 Å². The van der Waals surface area contributed by atoms with Gasteiger partial charge < -0.3 is 5.32 Å². The van der Waals surface area contributed by atoms with Crippen LogP contribution in [0.5, 0.6) is 0 Å². The van der Waals surface area contributed by atoms with Gasteiger partial charge in [-0.3, -0.25) is 4.79 Å². The van der Waals surface area contributed by atoms with E-state index in [9.17, 15) is 13.2 Å². The summed E-state index contributed by atoms with van der Waals surface area (Å²) in [4.78, 5) is 16.9. The van der Waals surface area contributed by atoms with Crippen LogP contribution in [-0.2, 0) is 25.8 Å². The molecule has 0 radical (unpaired) electrons. The number of anilines is 1. The number of hydrogen-bond acceptors (Lipinski definition) is 5. The van der Waals surface area contributed by atoms with Crippen molar-refractivity contribution in [1.29, 1.82) is 0 Å². The Morgan fingerprint density at radius 3 is 2.31 bits per heavy atom. The van der Waals surface area contributed by atoms with Crippen LogP contribution >= 0.6 is 11.6 Å². The van der Waals surface area contributed by atoms with Gasteiger partial charge in [-0.1, -0.05) is 32.4 Å². The zero-order valence-corrected chi connectivity index (χ0v) is 21.1. The van der Waals surface area contributed by atoms with Crippen LogP contribution in [0.25, 0.3) is 0 Å². The summed E-state index contributed by atoms with van der Waals surface area (Å²) in [5.41, 5.74) is 0.451. The number of carbonyl (C=O) groups is 1. The molecule has 2 aromatic heterocycles. The Morgan fingerprint density at radius 2 is 1.78 bits per heavy atom. The fourth-order valence-electron chi connectivity index (χ4n) is 3.64. The molecule has 1 fully saturated rings. The molecule has 1 amide bonds. The summed E-state index contributed by atoms with van der Waals surface area (Å²) in [6, 6.07) is 4.92. The molecule has 8 nitrogen and oxygen atoms in total. The van der Waals surface area contributed by atoms with E-state index in [2.05, 4.69) is 31.1 Å². The predicted octanol–water partition coefficient (Wildman–Crippen LogP) is 4.02. The highest BCUT2D eigenvalue weighted by atomic mass is 35.5. The Labute approximate surface area is 195 Å². The van der Waals surface area contributed by atoms with Crippen molar-refractivity contribution in [3.63, 3.8) is 0 Å². The first-order valence-corrected chi connectivity index (χ1v) is 12.6. The number of pyridine rings is 1. The number of hydrogen-bond donors (Lipinski definition) is 1. The molecule has 1 aliphatic heterocycles. The van der Waals surface area contributed by atoms with E-state index in [1.54, 1.807) is 6.07 Å². The first kappa shape index (κ1) is 24.7. The number of piperidine rings is 1. The quantitative estimate of drug-likeness (QED) is 0.665. The predicted molar refractivity (Wildman–Crippen MR) is 125 cm³/mol. The molecule has 3 heterocycles. The normalized spacial score (nSPS) is 16.8. The van der Waals surface area contributed by atoms with E-state index in [4.69, 9.17) is 16.7 Å². The molecule has 1 N–H and O–H groups in total. The summed E-state index contributed by atoms with van der Waals surface area (Å²) in [5, 5.41) is 7.73. The molecule has 1 saturated heterocycles. The summed E-state index contributed by atoms with van der Waals surface area (Å²) in [7, 11) is -3.75. The van der Waals surface area contributed by atoms with Crippen LogP contribution in [0.4, 0.5) is 5.82 Å². The summed E-state index contributed by atoms with van der Waals surface area (Å²) >= 11 is 5.99. The monoisotopic (exact) mass is 481 g/mol. The first-order chi connectivity index (χ1) is 14.7. The van der Waals surface area contributed by atoms with Gasteiger partial charge in [0.25, 0.3) is 0 Å². The van der Waals surface area contributed by atoms with E-state index < -0.39 is 10.0 Å². The lowest BCUT2D eigenvalue weighted by Crippen LogP contribution is -2.41. The first-order valence-electron chi connectivity index (χ1n) is 10.7. The number of aromatic nitrogens is 3. The van der Waals surface area contributed by atoms with Crippen LogP contribution in [0.3, 0.4) is 0 Å². The van der Waals surface area contributed by atoms with Gasteiger partial charge in [0.05, 0.1) is 11.2 Å². The molecule has 1 aliphatic rings. The number of amides is 1. The Bertz CT molecular complexity index is 1090.